The van der Waals surface area contributed by atoms with Gasteiger partial charge in [-0.25, -0.2) is 14.2 Å². The largest absolute Gasteiger partial charge is 0.352 e. The number of fused-ring (bicyclic) bond motifs is 1. The Hall–Kier alpha value is -2.05. The van der Waals surface area contributed by atoms with Crippen molar-refractivity contribution in [3.8, 4) is 6.07 Å². The summed E-state index contributed by atoms with van der Waals surface area (Å²) < 4.78 is 28.4. The van der Waals surface area contributed by atoms with Crippen LogP contribution in [0.3, 0.4) is 0 Å². The van der Waals surface area contributed by atoms with Crippen molar-refractivity contribution in [3.05, 3.63) is 11.1 Å². The van der Waals surface area contributed by atoms with Gasteiger partial charge in [0.2, 0.25) is 17.7 Å². The minimum atomic E-state index is -2.84. The minimum Gasteiger partial charge on any atom is -0.352 e. The topological polar surface area (TPSA) is 106 Å². The van der Waals surface area contributed by atoms with Gasteiger partial charge in [-0.1, -0.05) is 12.0 Å². The van der Waals surface area contributed by atoms with E-state index in [1.165, 1.54) is 0 Å². The normalized spacial score (nSPS) is 33.2. The molecule has 2 aliphatic heterocycles. The Morgan fingerprint density at radius 2 is 2.03 bits per heavy atom. The number of carbonyl (C=O) groups excluding carboxylic acids is 2. The highest BCUT2D eigenvalue weighted by molar-refractivity contribution is 6.00. The fourth-order valence-corrected chi connectivity index (χ4v) is 5.12. The Morgan fingerprint density at radius 3 is 2.63 bits per heavy atom. The highest BCUT2D eigenvalue weighted by Crippen LogP contribution is 2.46. The third-order valence-electron chi connectivity index (χ3n) is 6.81. The van der Waals surface area contributed by atoms with Gasteiger partial charge in [-0.05, 0) is 46.5 Å². The molecule has 9 heteroatoms. The molecular formula is C21H31F2N5O2. The van der Waals surface area contributed by atoms with Crippen LogP contribution in [0.5, 0.6) is 0 Å². The fraction of sp³-hybridized carbons (Fsp3) is 0.762. The first-order valence-corrected chi connectivity index (χ1v) is 10.7. The minimum absolute atomic E-state index is 0.0419. The molecule has 0 aromatic heterocycles. The van der Waals surface area contributed by atoms with Crippen molar-refractivity contribution in [3.63, 3.8) is 0 Å². The number of rotatable bonds is 5. The summed E-state index contributed by atoms with van der Waals surface area (Å²) in [5.74, 6) is -4.75. The lowest BCUT2D eigenvalue weighted by Crippen LogP contribution is -2.58. The number of alkyl halides is 2. The summed E-state index contributed by atoms with van der Waals surface area (Å²) in [5, 5.41) is 14.7. The van der Waals surface area contributed by atoms with E-state index in [0.29, 0.717) is 36.8 Å². The van der Waals surface area contributed by atoms with Crippen LogP contribution in [0.15, 0.2) is 11.1 Å². The third kappa shape index (κ3) is 4.81. The lowest BCUT2D eigenvalue weighted by atomic mass is 9.67. The molecule has 3 rings (SSSR count). The van der Waals surface area contributed by atoms with Crippen LogP contribution in [0.2, 0.25) is 0 Å². The number of carbonyl (C=O) groups is 2. The van der Waals surface area contributed by atoms with E-state index < -0.39 is 17.8 Å². The first kappa shape index (κ1) is 22.6. The van der Waals surface area contributed by atoms with Gasteiger partial charge < -0.3 is 10.6 Å². The Morgan fingerprint density at radius 1 is 1.30 bits per heavy atom. The summed E-state index contributed by atoms with van der Waals surface area (Å²) in [5.41, 5.74) is 6.88. The number of nitriles is 1. The highest BCUT2D eigenvalue weighted by atomic mass is 19.3. The molecule has 0 bridgehead atoms. The van der Waals surface area contributed by atoms with E-state index >= 15 is 0 Å². The van der Waals surface area contributed by atoms with Crippen molar-refractivity contribution in [2.24, 2.45) is 11.8 Å². The highest BCUT2D eigenvalue weighted by Gasteiger charge is 2.48. The molecule has 6 atom stereocenters. The average molecular weight is 424 g/mol. The van der Waals surface area contributed by atoms with Gasteiger partial charge in [0, 0.05) is 35.5 Å². The molecule has 4 N–H and O–H groups in total. The maximum atomic E-state index is 14.2. The number of hydrogen-bond donors (Lipinski definition) is 4. The predicted molar refractivity (Wildman–Crippen MR) is 107 cm³/mol. The Labute approximate surface area is 176 Å². The summed E-state index contributed by atoms with van der Waals surface area (Å²) in [4.78, 5) is 25.3. The van der Waals surface area contributed by atoms with E-state index in [1.807, 2.05) is 6.92 Å². The van der Waals surface area contributed by atoms with E-state index in [0.717, 1.165) is 13.3 Å². The second-order valence-electron chi connectivity index (χ2n) is 8.95. The van der Waals surface area contributed by atoms with Gasteiger partial charge in [-0.2, -0.15) is 5.26 Å². The molecule has 2 fully saturated rings. The summed E-state index contributed by atoms with van der Waals surface area (Å²) in [6.07, 6.45) is 3.03. The van der Waals surface area contributed by atoms with E-state index in [1.54, 1.807) is 6.92 Å². The van der Waals surface area contributed by atoms with Crippen molar-refractivity contribution < 1.29 is 18.4 Å². The van der Waals surface area contributed by atoms with Crippen LogP contribution < -0.4 is 21.5 Å². The molecule has 0 aromatic carbocycles. The molecule has 0 radical (unpaired) electrons. The fourth-order valence-electron chi connectivity index (χ4n) is 5.12. The maximum absolute atomic E-state index is 14.2. The zero-order valence-electron chi connectivity index (χ0n) is 17.7. The quantitative estimate of drug-likeness (QED) is 0.541. The van der Waals surface area contributed by atoms with E-state index in [2.05, 4.69) is 27.6 Å². The number of hydrogen-bond acceptors (Lipinski definition) is 5. The summed E-state index contributed by atoms with van der Waals surface area (Å²) in [6, 6.07) is 1.34. The van der Waals surface area contributed by atoms with E-state index in [9.17, 15) is 18.4 Å². The van der Waals surface area contributed by atoms with Crippen LogP contribution >= 0.6 is 0 Å². The number of nitrogens with one attached hydrogen (secondary N) is 4. The molecule has 2 amide bonds. The Bertz CT molecular complexity index is 749. The summed E-state index contributed by atoms with van der Waals surface area (Å²) in [6.45, 7) is 4.53. The second kappa shape index (κ2) is 8.98. The van der Waals surface area contributed by atoms with Crippen molar-refractivity contribution in [2.45, 2.75) is 89.4 Å². The van der Waals surface area contributed by atoms with Gasteiger partial charge >= 0.3 is 0 Å². The van der Waals surface area contributed by atoms with Gasteiger partial charge in [0.05, 0.1) is 12.5 Å². The van der Waals surface area contributed by atoms with E-state index in [-0.39, 0.29) is 42.4 Å². The van der Waals surface area contributed by atoms with Crippen LogP contribution in [-0.4, -0.2) is 41.9 Å². The standard InChI is InChI=1S/C21H31F2N5O2/c1-11-14(9-18(29)25-12(2)16-8-7-13(10-24)27-28-16)20(30)26-17-6-4-5-15(19(11)17)21(3,22)23/h12-13,15-17,19,27-28H,4-9H2,1-3H3,(H,25,29)(H,26,30). The molecular weight excluding hydrogens is 392 g/mol. The molecule has 0 spiro atoms. The van der Waals surface area contributed by atoms with Crippen LogP contribution in [0.4, 0.5) is 8.78 Å². The van der Waals surface area contributed by atoms with Gasteiger partial charge in [0.1, 0.15) is 6.04 Å². The molecule has 1 saturated carbocycles. The molecule has 0 aromatic rings. The molecule has 2 heterocycles. The number of halogens is 2. The van der Waals surface area contributed by atoms with Crippen LogP contribution in [0.25, 0.3) is 0 Å². The predicted octanol–water partition coefficient (Wildman–Crippen LogP) is 1.92. The van der Waals surface area contributed by atoms with Crippen molar-refractivity contribution in [1.82, 2.24) is 21.5 Å². The summed E-state index contributed by atoms with van der Waals surface area (Å²) in [7, 11) is 0. The van der Waals surface area contributed by atoms with Crippen molar-refractivity contribution >= 4 is 11.8 Å². The first-order chi connectivity index (χ1) is 14.1. The average Bonchev–Trinajstić information content (AvgIpc) is 2.70. The van der Waals surface area contributed by atoms with Gasteiger partial charge in [0.25, 0.3) is 0 Å². The van der Waals surface area contributed by atoms with E-state index in [4.69, 9.17) is 5.26 Å². The SMILES string of the molecule is CC1=C(CC(=O)NC(C)C2CCC(C#N)NN2)C(=O)NC2CCCC(C(C)(F)F)C12. The van der Waals surface area contributed by atoms with Gasteiger partial charge in [-0.3, -0.25) is 15.0 Å². The first-order valence-electron chi connectivity index (χ1n) is 10.7. The smallest absolute Gasteiger partial charge is 0.248 e. The zero-order chi connectivity index (χ0) is 22.1. The van der Waals surface area contributed by atoms with Crippen LogP contribution in [-0.2, 0) is 9.59 Å². The van der Waals surface area contributed by atoms with Gasteiger partial charge in [-0.15, -0.1) is 0 Å². The van der Waals surface area contributed by atoms with Crippen LogP contribution in [0, 0.1) is 23.2 Å². The molecule has 30 heavy (non-hydrogen) atoms. The third-order valence-corrected chi connectivity index (χ3v) is 6.81. The number of nitrogens with zero attached hydrogens (tertiary/aromatic N) is 1. The number of amides is 2. The molecule has 7 nitrogen and oxygen atoms in total. The monoisotopic (exact) mass is 423 g/mol. The Balaban J connectivity index is 1.67. The zero-order valence-corrected chi connectivity index (χ0v) is 17.7. The van der Waals surface area contributed by atoms with Crippen LogP contribution in [0.1, 0.15) is 59.3 Å². The lowest BCUT2D eigenvalue weighted by molar-refractivity contribution is -0.126. The van der Waals surface area contributed by atoms with Crippen molar-refractivity contribution in [1.29, 1.82) is 5.26 Å². The number of hydrazine groups is 1. The van der Waals surface area contributed by atoms with Crippen molar-refractivity contribution in [2.75, 3.05) is 0 Å². The molecule has 1 saturated heterocycles. The lowest BCUT2D eigenvalue weighted by Gasteiger charge is -2.45. The molecule has 166 valence electrons. The second-order valence-corrected chi connectivity index (χ2v) is 8.95. The molecule has 3 aliphatic rings. The molecule has 1 aliphatic carbocycles. The molecule has 6 unspecified atom stereocenters. The van der Waals surface area contributed by atoms with Gasteiger partial charge in [0.15, 0.2) is 0 Å². The summed E-state index contributed by atoms with van der Waals surface area (Å²) >= 11 is 0. The maximum Gasteiger partial charge on any atom is 0.248 e. The Kier molecular flexibility index (Phi) is 6.78.